The fourth-order valence-corrected chi connectivity index (χ4v) is 3.41. The van der Waals surface area contributed by atoms with E-state index in [4.69, 9.17) is 23.2 Å². The van der Waals surface area contributed by atoms with Gasteiger partial charge in [-0.1, -0.05) is 23.2 Å². The Bertz CT molecular complexity index is 1060. The van der Waals surface area contributed by atoms with Gasteiger partial charge < -0.3 is 4.90 Å². The third-order valence-electron chi connectivity index (χ3n) is 4.25. The van der Waals surface area contributed by atoms with E-state index in [2.05, 4.69) is 10.1 Å². The molecule has 1 aliphatic rings. The van der Waals surface area contributed by atoms with Gasteiger partial charge in [-0.2, -0.15) is 23.5 Å². The molecule has 13 heteroatoms. The molecule has 160 valence electrons. The Balaban J connectivity index is 2.32. The number of hydrogen-bond donors (Lipinski definition) is 0. The molecule has 3 rings (SSSR count). The van der Waals surface area contributed by atoms with Crippen molar-refractivity contribution in [1.82, 2.24) is 14.7 Å². The van der Waals surface area contributed by atoms with Crippen LogP contribution in [-0.4, -0.2) is 41.0 Å². The van der Waals surface area contributed by atoms with Crippen molar-refractivity contribution >= 4 is 35.4 Å². The number of aromatic nitrogens is 2. The minimum atomic E-state index is -4.76. The topological polar surface area (TPSA) is 57.2 Å². The normalized spacial score (nSPS) is 20.4. The lowest BCUT2D eigenvalue weighted by molar-refractivity contribution is -0.137. The maximum atomic E-state index is 14.9. The molecule has 1 aliphatic carbocycles. The van der Waals surface area contributed by atoms with Gasteiger partial charge in [0.2, 0.25) is 5.67 Å². The predicted octanol–water partition coefficient (Wildman–Crippen LogP) is 5.49. The third-order valence-corrected chi connectivity index (χ3v) is 4.83. The van der Waals surface area contributed by atoms with Crippen LogP contribution in [0.25, 0.3) is 5.69 Å². The zero-order valence-corrected chi connectivity index (χ0v) is 16.7. The van der Waals surface area contributed by atoms with Crippen molar-refractivity contribution in [2.24, 2.45) is 4.99 Å². The van der Waals surface area contributed by atoms with E-state index in [1.807, 2.05) is 0 Å². The van der Waals surface area contributed by atoms with Crippen LogP contribution in [0.3, 0.4) is 0 Å². The Morgan fingerprint density at radius 3 is 2.17 bits per heavy atom. The molecule has 0 spiro atoms. The highest BCUT2D eigenvalue weighted by Gasteiger charge is 2.76. The summed E-state index contributed by atoms with van der Waals surface area (Å²) in [5.41, 5.74) is -6.25. The molecule has 1 aromatic carbocycles. The van der Waals surface area contributed by atoms with Gasteiger partial charge >= 0.3 is 6.18 Å². The van der Waals surface area contributed by atoms with Crippen LogP contribution in [0.15, 0.2) is 17.1 Å². The SMILES string of the molecule is CN(C)C=Nc1c([C@]2(F)CC2(F)F)c(C#N)nn1-c1c(Cl)cc(C(F)(F)F)cc1Cl. The molecule has 0 unspecified atom stereocenters. The highest BCUT2D eigenvalue weighted by atomic mass is 35.5. The van der Waals surface area contributed by atoms with Gasteiger partial charge in [-0.3, -0.25) is 0 Å². The van der Waals surface area contributed by atoms with Crippen LogP contribution >= 0.6 is 23.2 Å². The first-order valence-electron chi connectivity index (χ1n) is 8.10. The van der Waals surface area contributed by atoms with E-state index in [1.165, 1.54) is 25.1 Å². The van der Waals surface area contributed by atoms with Crippen LogP contribution in [0.4, 0.5) is 32.2 Å². The summed E-state index contributed by atoms with van der Waals surface area (Å²) in [4.78, 5) is 5.30. The maximum Gasteiger partial charge on any atom is 0.416 e. The molecule has 1 saturated carbocycles. The molecule has 0 bridgehead atoms. The fraction of sp³-hybridized carbons (Fsp3) is 0.353. The van der Waals surface area contributed by atoms with E-state index >= 15 is 0 Å². The van der Waals surface area contributed by atoms with Crippen LogP contribution in [0.5, 0.6) is 0 Å². The Hall–Kier alpha value is -2.45. The van der Waals surface area contributed by atoms with E-state index in [0.717, 1.165) is 6.34 Å². The van der Waals surface area contributed by atoms with Gasteiger partial charge in [0.25, 0.3) is 5.92 Å². The summed E-state index contributed by atoms with van der Waals surface area (Å²) >= 11 is 11.9. The number of aliphatic imine (C=N–C) groups is 1. The van der Waals surface area contributed by atoms with Crippen molar-refractivity contribution in [3.8, 4) is 11.8 Å². The first-order chi connectivity index (χ1) is 13.7. The molecular weight excluding hydrogens is 459 g/mol. The summed E-state index contributed by atoms with van der Waals surface area (Å²) in [6.45, 7) is 0. The Morgan fingerprint density at radius 1 is 1.23 bits per heavy atom. The van der Waals surface area contributed by atoms with E-state index in [-0.39, 0.29) is 5.69 Å². The summed E-state index contributed by atoms with van der Waals surface area (Å²) in [5, 5.41) is 12.0. The average Bonchev–Trinajstić information content (AvgIpc) is 2.95. The largest absolute Gasteiger partial charge is 0.416 e. The standard InChI is InChI=1S/C17H11Cl2F6N5/c1-29(2)7-27-14-12(15(20)6-16(15,21)22)11(5-26)28-30(14)13-9(18)3-8(4-10(13)19)17(23,24)25/h3-4,7H,6H2,1-2H3/t15-/m1/s1. The minimum absolute atomic E-state index is 0.368. The number of alkyl halides is 6. The molecule has 0 saturated heterocycles. The summed E-state index contributed by atoms with van der Waals surface area (Å²) in [7, 11) is 3.06. The molecule has 0 radical (unpaired) electrons. The van der Waals surface area contributed by atoms with Crippen LogP contribution in [0.1, 0.15) is 23.2 Å². The molecule has 1 aromatic heterocycles. The molecule has 5 nitrogen and oxygen atoms in total. The van der Waals surface area contributed by atoms with Crippen molar-refractivity contribution in [3.63, 3.8) is 0 Å². The van der Waals surface area contributed by atoms with E-state index in [1.54, 1.807) is 0 Å². The second kappa shape index (κ2) is 7.06. The Morgan fingerprint density at radius 2 is 1.77 bits per heavy atom. The summed E-state index contributed by atoms with van der Waals surface area (Å²) in [6.07, 6.45) is -4.84. The van der Waals surface area contributed by atoms with Crippen LogP contribution in [-0.2, 0) is 11.8 Å². The lowest BCUT2D eigenvalue weighted by atomic mass is 10.1. The van der Waals surface area contributed by atoms with Crippen molar-refractivity contribution in [3.05, 3.63) is 39.0 Å². The molecule has 1 fully saturated rings. The van der Waals surface area contributed by atoms with Crippen molar-refractivity contribution < 1.29 is 26.3 Å². The van der Waals surface area contributed by atoms with Crippen LogP contribution in [0.2, 0.25) is 10.0 Å². The number of rotatable bonds is 4. The second-order valence-electron chi connectivity index (χ2n) is 6.75. The molecule has 0 aliphatic heterocycles. The van der Waals surface area contributed by atoms with E-state index < -0.39 is 56.9 Å². The monoisotopic (exact) mass is 469 g/mol. The lowest BCUT2D eigenvalue weighted by Gasteiger charge is -2.14. The quantitative estimate of drug-likeness (QED) is 0.337. The zero-order valence-electron chi connectivity index (χ0n) is 15.2. The first kappa shape index (κ1) is 22.2. The summed E-state index contributed by atoms with van der Waals surface area (Å²) in [6, 6.07) is 2.61. The number of benzene rings is 1. The number of nitriles is 1. The minimum Gasteiger partial charge on any atom is -0.369 e. The first-order valence-corrected chi connectivity index (χ1v) is 8.86. The number of halogens is 8. The van der Waals surface area contributed by atoms with Crippen molar-refractivity contribution in [1.29, 1.82) is 5.26 Å². The smallest absolute Gasteiger partial charge is 0.369 e. The molecule has 0 N–H and O–H groups in total. The molecule has 1 heterocycles. The van der Waals surface area contributed by atoms with Crippen molar-refractivity contribution in [2.45, 2.75) is 24.2 Å². The third kappa shape index (κ3) is 3.58. The van der Waals surface area contributed by atoms with Crippen molar-refractivity contribution in [2.75, 3.05) is 14.1 Å². The summed E-state index contributed by atoms with van der Waals surface area (Å²) in [5.74, 6) is -4.30. The van der Waals surface area contributed by atoms with Crippen LogP contribution in [0, 0.1) is 11.3 Å². The highest BCUT2D eigenvalue weighted by Crippen LogP contribution is 2.65. The molecule has 2 aromatic rings. The van der Waals surface area contributed by atoms with Gasteiger partial charge in [-0.05, 0) is 12.1 Å². The molecule has 0 amide bonds. The zero-order chi connectivity index (χ0) is 22.6. The Kier molecular flexibility index (Phi) is 5.23. The van der Waals surface area contributed by atoms with Gasteiger partial charge in [0, 0.05) is 14.1 Å². The number of hydrogen-bond acceptors (Lipinski definition) is 3. The fourth-order valence-electron chi connectivity index (χ4n) is 2.76. The van der Waals surface area contributed by atoms with Gasteiger partial charge in [0.05, 0.1) is 33.9 Å². The van der Waals surface area contributed by atoms with Gasteiger partial charge in [-0.15, -0.1) is 0 Å². The maximum absolute atomic E-state index is 14.9. The van der Waals surface area contributed by atoms with Gasteiger partial charge in [0.1, 0.15) is 11.8 Å². The highest BCUT2D eigenvalue weighted by molar-refractivity contribution is 6.38. The number of nitrogens with zero attached hydrogens (tertiary/aromatic N) is 5. The van der Waals surface area contributed by atoms with Gasteiger partial charge in [0.15, 0.2) is 11.5 Å². The predicted molar refractivity (Wildman–Crippen MR) is 97.5 cm³/mol. The second-order valence-corrected chi connectivity index (χ2v) is 7.56. The molecule has 1 atom stereocenters. The molecular formula is C17H11Cl2F6N5. The lowest BCUT2D eigenvalue weighted by Crippen LogP contribution is -2.12. The van der Waals surface area contributed by atoms with Crippen LogP contribution < -0.4 is 0 Å². The average molecular weight is 470 g/mol. The van der Waals surface area contributed by atoms with Gasteiger partial charge in [-0.25, -0.2) is 22.8 Å². The summed E-state index contributed by atoms with van der Waals surface area (Å²) < 4.78 is 82.1. The van der Waals surface area contributed by atoms with E-state index in [9.17, 15) is 31.6 Å². The Labute approximate surface area is 176 Å². The van der Waals surface area contributed by atoms with E-state index in [0.29, 0.717) is 16.8 Å². The molecule has 30 heavy (non-hydrogen) atoms.